The van der Waals surface area contributed by atoms with Gasteiger partial charge in [0.1, 0.15) is 12.6 Å². The van der Waals surface area contributed by atoms with Gasteiger partial charge in [-0.1, -0.05) is 159 Å². The number of quaternary nitrogens is 1. The van der Waals surface area contributed by atoms with Gasteiger partial charge in [0, 0.05) is 19.3 Å². The van der Waals surface area contributed by atoms with E-state index >= 15 is 0 Å². The number of rotatable bonds is 42. The van der Waals surface area contributed by atoms with Gasteiger partial charge in [-0.2, -0.15) is 0 Å². The van der Waals surface area contributed by atoms with E-state index in [1.54, 1.807) is 21.1 Å². The lowest BCUT2D eigenvalue weighted by Gasteiger charge is -2.34. The van der Waals surface area contributed by atoms with E-state index in [2.05, 4.69) is 50.3 Å². The molecule has 332 valence electrons. The standard InChI is InChI=1S/C49H89NO7/c1-6-8-10-12-14-16-18-20-22-24-26-27-29-31-33-35-37-39-47(51)56-44-45(43-55-42-41-46(49(53)54)50(3,4)5)57-48(52)40-38-36-34-32-30-28-25-23-21-19-17-15-13-11-9-7-2/h20,22-23,25,28,30,45-46H,6-19,21,24,26-27,29,31-44H2,1-5H3/b22-20+,25-23+,30-28+. The SMILES string of the molecule is CCCCCCCC/C=C/CCCCCCCCCC(=O)OCC(COCCC(C(=O)[O-])[N+](C)(C)C)OC(=O)CCCCC/C=C/C=C/CCCCCCCCC. The molecule has 0 aliphatic heterocycles. The second-order valence-corrected chi connectivity index (χ2v) is 17.0. The highest BCUT2D eigenvalue weighted by Gasteiger charge is 2.25. The third-order valence-corrected chi connectivity index (χ3v) is 10.5. The smallest absolute Gasteiger partial charge is 0.306 e. The van der Waals surface area contributed by atoms with E-state index in [0.717, 1.165) is 51.4 Å². The Morgan fingerprint density at radius 3 is 1.39 bits per heavy atom. The number of unbranched alkanes of at least 4 members (excludes halogenated alkanes) is 23. The topological polar surface area (TPSA) is 102 Å². The summed E-state index contributed by atoms with van der Waals surface area (Å²) in [6.45, 7) is 4.63. The van der Waals surface area contributed by atoms with Crippen molar-refractivity contribution in [3.05, 3.63) is 36.5 Å². The number of nitrogens with zero attached hydrogens (tertiary/aromatic N) is 1. The first kappa shape index (κ1) is 54.6. The van der Waals surface area contributed by atoms with Gasteiger partial charge in [0.25, 0.3) is 0 Å². The number of carbonyl (C=O) groups is 3. The van der Waals surface area contributed by atoms with Gasteiger partial charge in [0.05, 0.1) is 40.3 Å². The molecular weight excluding hydrogens is 715 g/mol. The first-order valence-electron chi connectivity index (χ1n) is 23.5. The number of esters is 2. The fourth-order valence-corrected chi connectivity index (χ4v) is 6.82. The van der Waals surface area contributed by atoms with Crippen molar-refractivity contribution in [1.29, 1.82) is 0 Å². The summed E-state index contributed by atoms with van der Waals surface area (Å²) in [5, 5.41) is 11.6. The lowest BCUT2D eigenvalue weighted by atomic mass is 10.1. The fourth-order valence-electron chi connectivity index (χ4n) is 6.82. The van der Waals surface area contributed by atoms with Crippen LogP contribution in [0.1, 0.15) is 206 Å². The van der Waals surface area contributed by atoms with Crippen molar-refractivity contribution in [1.82, 2.24) is 0 Å². The predicted molar refractivity (Wildman–Crippen MR) is 236 cm³/mol. The minimum Gasteiger partial charge on any atom is -0.544 e. The number of ether oxygens (including phenoxy) is 3. The van der Waals surface area contributed by atoms with E-state index in [1.807, 2.05) is 0 Å². The summed E-state index contributed by atoms with van der Waals surface area (Å²) < 4.78 is 17.2. The Morgan fingerprint density at radius 1 is 0.526 bits per heavy atom. The monoisotopic (exact) mass is 804 g/mol. The number of likely N-dealkylation sites (N-methyl/N-ethyl adjacent to an activating group) is 1. The Morgan fingerprint density at radius 2 is 0.930 bits per heavy atom. The second-order valence-electron chi connectivity index (χ2n) is 17.0. The van der Waals surface area contributed by atoms with E-state index in [-0.39, 0.29) is 49.1 Å². The number of hydrogen-bond donors (Lipinski definition) is 0. The highest BCUT2D eigenvalue weighted by molar-refractivity contribution is 5.70. The van der Waals surface area contributed by atoms with Crippen LogP contribution in [0.25, 0.3) is 0 Å². The summed E-state index contributed by atoms with van der Waals surface area (Å²) in [7, 11) is 5.40. The molecule has 57 heavy (non-hydrogen) atoms. The van der Waals surface area contributed by atoms with E-state index in [9.17, 15) is 19.5 Å². The van der Waals surface area contributed by atoms with Crippen LogP contribution in [-0.2, 0) is 28.6 Å². The van der Waals surface area contributed by atoms with E-state index in [4.69, 9.17) is 14.2 Å². The number of allylic oxidation sites excluding steroid dienone is 6. The molecule has 0 fully saturated rings. The molecule has 0 radical (unpaired) electrons. The Kier molecular flexibility index (Phi) is 38.6. The van der Waals surface area contributed by atoms with E-state index < -0.39 is 18.1 Å². The number of carboxylic acid groups (broad SMARTS) is 1. The van der Waals surface area contributed by atoms with Crippen LogP contribution in [0.2, 0.25) is 0 Å². The van der Waals surface area contributed by atoms with Crippen molar-refractivity contribution in [2.24, 2.45) is 0 Å². The van der Waals surface area contributed by atoms with Gasteiger partial charge in [-0.3, -0.25) is 9.59 Å². The molecule has 8 heteroatoms. The minimum atomic E-state index is -1.13. The highest BCUT2D eigenvalue weighted by Crippen LogP contribution is 2.14. The van der Waals surface area contributed by atoms with Crippen molar-refractivity contribution in [2.75, 3.05) is 41.0 Å². The van der Waals surface area contributed by atoms with Gasteiger partial charge in [0.15, 0.2) is 6.10 Å². The molecule has 0 aliphatic carbocycles. The molecular formula is C49H89NO7. The summed E-state index contributed by atoms with van der Waals surface area (Å²) in [4.78, 5) is 36.9. The highest BCUT2D eigenvalue weighted by atomic mass is 16.6. The normalized spacial score (nSPS) is 13.2. The van der Waals surface area contributed by atoms with Gasteiger partial charge < -0.3 is 28.6 Å². The maximum atomic E-state index is 12.7. The summed E-state index contributed by atoms with van der Waals surface area (Å²) in [6.07, 6.45) is 45.9. The average molecular weight is 804 g/mol. The zero-order chi connectivity index (χ0) is 42.1. The van der Waals surface area contributed by atoms with Gasteiger partial charge >= 0.3 is 11.9 Å². The number of carbonyl (C=O) groups excluding carboxylic acids is 3. The van der Waals surface area contributed by atoms with Crippen molar-refractivity contribution < 1.29 is 38.2 Å². The maximum Gasteiger partial charge on any atom is 0.306 e. The molecule has 2 unspecified atom stereocenters. The molecule has 0 rings (SSSR count). The van der Waals surface area contributed by atoms with Crippen LogP contribution in [0.15, 0.2) is 36.5 Å². The first-order chi connectivity index (χ1) is 27.6. The van der Waals surface area contributed by atoms with Crippen LogP contribution >= 0.6 is 0 Å². The fraction of sp³-hybridized carbons (Fsp3) is 0.816. The van der Waals surface area contributed by atoms with Crippen LogP contribution in [0.5, 0.6) is 0 Å². The maximum absolute atomic E-state index is 12.7. The predicted octanol–water partition coefficient (Wildman–Crippen LogP) is 11.7. The molecule has 0 aromatic carbocycles. The zero-order valence-corrected chi connectivity index (χ0v) is 37.8. The second kappa shape index (κ2) is 40.3. The number of carboxylic acids is 1. The largest absolute Gasteiger partial charge is 0.544 e. The minimum absolute atomic E-state index is 0.0299. The Hall–Kier alpha value is -2.45. The summed E-state index contributed by atoms with van der Waals surface area (Å²) in [5.41, 5.74) is 0. The van der Waals surface area contributed by atoms with Gasteiger partial charge in [0.2, 0.25) is 0 Å². The third kappa shape index (κ3) is 38.8. The van der Waals surface area contributed by atoms with Crippen LogP contribution in [0.3, 0.4) is 0 Å². The number of hydrogen-bond acceptors (Lipinski definition) is 7. The molecule has 0 aliphatic rings. The van der Waals surface area contributed by atoms with Crippen LogP contribution in [0, 0.1) is 0 Å². The summed E-state index contributed by atoms with van der Waals surface area (Å²) >= 11 is 0. The van der Waals surface area contributed by atoms with Crippen LogP contribution < -0.4 is 5.11 Å². The van der Waals surface area contributed by atoms with E-state index in [0.29, 0.717) is 6.42 Å². The number of aliphatic carboxylic acids is 1. The van der Waals surface area contributed by atoms with E-state index in [1.165, 1.54) is 122 Å². The molecule has 0 saturated carbocycles. The molecule has 2 atom stereocenters. The average Bonchev–Trinajstić information content (AvgIpc) is 3.17. The van der Waals surface area contributed by atoms with Gasteiger partial charge in [-0.05, 0) is 64.2 Å². The Balaban J connectivity index is 4.35. The lowest BCUT2D eigenvalue weighted by Crippen LogP contribution is -2.55. The molecule has 0 amide bonds. The zero-order valence-electron chi connectivity index (χ0n) is 37.8. The summed E-state index contributed by atoms with van der Waals surface area (Å²) in [6, 6.07) is -0.730. The molecule has 0 saturated heterocycles. The molecule has 0 bridgehead atoms. The first-order valence-corrected chi connectivity index (χ1v) is 23.5. The van der Waals surface area contributed by atoms with Crippen molar-refractivity contribution in [2.45, 2.75) is 219 Å². The molecule has 0 spiro atoms. The van der Waals surface area contributed by atoms with Gasteiger partial charge in [-0.25, -0.2) is 0 Å². The molecule has 0 N–H and O–H groups in total. The Bertz CT molecular complexity index is 1030. The van der Waals surface area contributed by atoms with Gasteiger partial charge in [-0.15, -0.1) is 0 Å². The lowest BCUT2D eigenvalue weighted by molar-refractivity contribution is -0.889. The third-order valence-electron chi connectivity index (χ3n) is 10.5. The van der Waals surface area contributed by atoms with Crippen LogP contribution in [0.4, 0.5) is 0 Å². The van der Waals surface area contributed by atoms with Crippen molar-refractivity contribution in [3.8, 4) is 0 Å². The molecule has 0 aromatic rings. The van der Waals surface area contributed by atoms with Crippen molar-refractivity contribution >= 4 is 17.9 Å². The molecule has 0 aromatic heterocycles. The Labute approximate surface area is 351 Å². The van der Waals surface area contributed by atoms with Crippen LogP contribution in [-0.4, -0.2) is 75.5 Å². The summed E-state index contributed by atoms with van der Waals surface area (Å²) in [5.74, 6) is -1.77. The molecule has 8 nitrogen and oxygen atoms in total. The van der Waals surface area contributed by atoms with Crippen molar-refractivity contribution in [3.63, 3.8) is 0 Å². The quantitative estimate of drug-likeness (QED) is 0.0199. The molecule has 0 heterocycles.